The Bertz CT molecular complexity index is 322. The summed E-state index contributed by atoms with van der Waals surface area (Å²) in [6, 6.07) is 8.91. The molecule has 0 amide bonds. The average molecular weight is 231 g/mol. The van der Waals surface area contributed by atoms with Crippen LogP contribution in [0.15, 0.2) is 24.3 Å². The zero-order valence-corrected chi connectivity index (χ0v) is 11.0. The molecule has 0 radical (unpaired) electrons. The van der Waals surface area contributed by atoms with Gasteiger partial charge in [-0.05, 0) is 43.7 Å². The average Bonchev–Trinajstić information content (AvgIpc) is 2.85. The van der Waals surface area contributed by atoms with Gasteiger partial charge in [0.15, 0.2) is 0 Å². The van der Waals surface area contributed by atoms with Crippen molar-refractivity contribution in [2.24, 2.45) is 11.7 Å². The fourth-order valence-electron chi connectivity index (χ4n) is 3.00. The van der Waals surface area contributed by atoms with Crippen molar-refractivity contribution in [2.45, 2.75) is 51.4 Å². The standard InChI is InChI=1S/C16H25N/c1-13-6-9-15(10-7-13)16(12-17)11-8-14-4-2-3-5-14/h6-7,9-10,14,16H,2-5,8,11-12,17H2,1H3. The van der Waals surface area contributed by atoms with Crippen LogP contribution in [0.2, 0.25) is 0 Å². The van der Waals surface area contributed by atoms with E-state index in [1.165, 1.54) is 49.7 Å². The molecule has 1 fully saturated rings. The Hall–Kier alpha value is -0.820. The maximum Gasteiger partial charge on any atom is -0.000824 e. The molecule has 94 valence electrons. The number of aryl methyl sites for hydroxylation is 1. The molecule has 1 aliphatic carbocycles. The molecular weight excluding hydrogens is 206 g/mol. The Morgan fingerprint density at radius 3 is 2.41 bits per heavy atom. The molecule has 1 aliphatic rings. The Balaban J connectivity index is 1.89. The van der Waals surface area contributed by atoms with Gasteiger partial charge in [0.25, 0.3) is 0 Å². The molecule has 17 heavy (non-hydrogen) atoms. The van der Waals surface area contributed by atoms with Crippen LogP contribution in [0.3, 0.4) is 0 Å². The summed E-state index contributed by atoms with van der Waals surface area (Å²) >= 11 is 0. The van der Waals surface area contributed by atoms with Crippen LogP contribution in [0.25, 0.3) is 0 Å². The molecule has 0 spiro atoms. The molecule has 0 aromatic heterocycles. The normalized spacial score (nSPS) is 18.5. The Labute approximate surface area is 105 Å². The van der Waals surface area contributed by atoms with Gasteiger partial charge < -0.3 is 5.73 Å². The minimum Gasteiger partial charge on any atom is -0.330 e. The Morgan fingerprint density at radius 2 is 1.82 bits per heavy atom. The van der Waals surface area contributed by atoms with Crippen LogP contribution < -0.4 is 5.73 Å². The van der Waals surface area contributed by atoms with Crippen molar-refractivity contribution in [1.82, 2.24) is 0 Å². The summed E-state index contributed by atoms with van der Waals surface area (Å²) in [5, 5.41) is 0. The maximum absolute atomic E-state index is 5.93. The van der Waals surface area contributed by atoms with Crippen LogP contribution in [0, 0.1) is 12.8 Å². The summed E-state index contributed by atoms with van der Waals surface area (Å²) in [5.74, 6) is 1.55. The van der Waals surface area contributed by atoms with Crippen molar-refractivity contribution in [1.29, 1.82) is 0 Å². The first kappa shape index (κ1) is 12.6. The van der Waals surface area contributed by atoms with Crippen LogP contribution in [-0.4, -0.2) is 6.54 Å². The Morgan fingerprint density at radius 1 is 1.18 bits per heavy atom. The van der Waals surface area contributed by atoms with E-state index in [-0.39, 0.29) is 0 Å². The summed E-state index contributed by atoms with van der Waals surface area (Å²) in [5.41, 5.74) is 8.69. The number of benzene rings is 1. The van der Waals surface area contributed by atoms with Gasteiger partial charge in [-0.1, -0.05) is 55.5 Å². The number of rotatable bonds is 5. The van der Waals surface area contributed by atoms with Crippen molar-refractivity contribution < 1.29 is 0 Å². The lowest BCUT2D eigenvalue weighted by molar-refractivity contribution is 0.452. The van der Waals surface area contributed by atoms with Crippen molar-refractivity contribution in [3.8, 4) is 0 Å². The third-order valence-electron chi connectivity index (χ3n) is 4.23. The zero-order chi connectivity index (χ0) is 12.1. The largest absolute Gasteiger partial charge is 0.330 e. The van der Waals surface area contributed by atoms with Crippen molar-refractivity contribution in [2.75, 3.05) is 6.54 Å². The lowest BCUT2D eigenvalue weighted by Crippen LogP contribution is -2.13. The van der Waals surface area contributed by atoms with Gasteiger partial charge in [0.05, 0.1) is 0 Å². The van der Waals surface area contributed by atoms with Gasteiger partial charge >= 0.3 is 0 Å². The molecule has 1 saturated carbocycles. The summed E-state index contributed by atoms with van der Waals surface area (Å²) in [6.45, 7) is 2.93. The smallest absolute Gasteiger partial charge is 0.000824 e. The van der Waals surface area contributed by atoms with Gasteiger partial charge in [0.1, 0.15) is 0 Å². The Kier molecular flexibility index (Phi) is 4.61. The molecule has 1 aromatic carbocycles. The highest BCUT2D eigenvalue weighted by molar-refractivity contribution is 5.24. The molecule has 2 N–H and O–H groups in total. The lowest BCUT2D eigenvalue weighted by Gasteiger charge is -2.17. The molecule has 1 atom stereocenters. The molecule has 0 heterocycles. The van der Waals surface area contributed by atoms with E-state index in [0.29, 0.717) is 5.92 Å². The van der Waals surface area contributed by atoms with Gasteiger partial charge in [-0.3, -0.25) is 0 Å². The fourth-order valence-corrected chi connectivity index (χ4v) is 3.00. The summed E-state index contributed by atoms with van der Waals surface area (Å²) in [7, 11) is 0. The predicted octanol–water partition coefficient (Wildman–Crippen LogP) is 4.01. The molecule has 1 heteroatoms. The van der Waals surface area contributed by atoms with Crippen molar-refractivity contribution in [3.63, 3.8) is 0 Å². The molecule has 0 aliphatic heterocycles. The number of hydrogen-bond acceptors (Lipinski definition) is 1. The van der Waals surface area contributed by atoms with Crippen LogP contribution >= 0.6 is 0 Å². The fraction of sp³-hybridized carbons (Fsp3) is 0.625. The van der Waals surface area contributed by atoms with Gasteiger partial charge in [0.2, 0.25) is 0 Å². The summed E-state index contributed by atoms with van der Waals surface area (Å²) in [6.07, 6.45) is 8.43. The highest BCUT2D eigenvalue weighted by Gasteiger charge is 2.17. The zero-order valence-electron chi connectivity index (χ0n) is 11.0. The quantitative estimate of drug-likeness (QED) is 0.814. The van der Waals surface area contributed by atoms with E-state index in [0.717, 1.165) is 12.5 Å². The van der Waals surface area contributed by atoms with Gasteiger partial charge in [-0.15, -0.1) is 0 Å². The van der Waals surface area contributed by atoms with Crippen LogP contribution in [0.5, 0.6) is 0 Å². The second-order valence-electron chi connectivity index (χ2n) is 5.57. The van der Waals surface area contributed by atoms with E-state index >= 15 is 0 Å². The lowest BCUT2D eigenvalue weighted by atomic mass is 9.89. The molecule has 0 saturated heterocycles. The first-order valence-corrected chi connectivity index (χ1v) is 7.06. The van der Waals surface area contributed by atoms with Gasteiger partial charge in [-0.25, -0.2) is 0 Å². The number of nitrogens with two attached hydrogens (primary N) is 1. The number of hydrogen-bond donors (Lipinski definition) is 1. The predicted molar refractivity (Wildman–Crippen MR) is 74.2 cm³/mol. The molecule has 2 rings (SSSR count). The van der Waals surface area contributed by atoms with E-state index in [1.807, 2.05) is 0 Å². The SMILES string of the molecule is Cc1ccc(C(CN)CCC2CCCC2)cc1. The van der Waals surface area contributed by atoms with Crippen molar-refractivity contribution >= 4 is 0 Å². The molecule has 1 nitrogen and oxygen atoms in total. The first-order chi connectivity index (χ1) is 8.29. The van der Waals surface area contributed by atoms with Gasteiger partial charge in [0, 0.05) is 0 Å². The van der Waals surface area contributed by atoms with Crippen LogP contribution in [0.1, 0.15) is 55.6 Å². The van der Waals surface area contributed by atoms with Gasteiger partial charge in [-0.2, -0.15) is 0 Å². The summed E-state index contributed by atoms with van der Waals surface area (Å²) in [4.78, 5) is 0. The second-order valence-corrected chi connectivity index (χ2v) is 5.57. The van der Waals surface area contributed by atoms with E-state index in [2.05, 4.69) is 31.2 Å². The van der Waals surface area contributed by atoms with Crippen LogP contribution in [-0.2, 0) is 0 Å². The van der Waals surface area contributed by atoms with Crippen LogP contribution in [0.4, 0.5) is 0 Å². The van der Waals surface area contributed by atoms with Crippen molar-refractivity contribution in [3.05, 3.63) is 35.4 Å². The third-order valence-corrected chi connectivity index (χ3v) is 4.23. The maximum atomic E-state index is 5.93. The second kappa shape index (κ2) is 6.20. The molecule has 1 unspecified atom stereocenters. The first-order valence-electron chi connectivity index (χ1n) is 7.06. The van der Waals surface area contributed by atoms with E-state index in [1.54, 1.807) is 0 Å². The monoisotopic (exact) mass is 231 g/mol. The molecule has 0 bridgehead atoms. The highest BCUT2D eigenvalue weighted by Crippen LogP contribution is 2.31. The van der Waals surface area contributed by atoms with E-state index < -0.39 is 0 Å². The topological polar surface area (TPSA) is 26.0 Å². The molecule has 1 aromatic rings. The minimum atomic E-state index is 0.566. The summed E-state index contributed by atoms with van der Waals surface area (Å²) < 4.78 is 0. The molecular formula is C16H25N. The highest BCUT2D eigenvalue weighted by atomic mass is 14.5. The third kappa shape index (κ3) is 3.57. The van der Waals surface area contributed by atoms with E-state index in [4.69, 9.17) is 5.73 Å². The minimum absolute atomic E-state index is 0.566. The van der Waals surface area contributed by atoms with E-state index in [9.17, 15) is 0 Å².